The van der Waals surface area contributed by atoms with Crippen LogP contribution in [0.5, 0.6) is 0 Å². The van der Waals surface area contributed by atoms with Crippen LogP contribution in [-0.2, 0) is 9.59 Å². The summed E-state index contributed by atoms with van der Waals surface area (Å²) >= 11 is 0. The van der Waals surface area contributed by atoms with Gasteiger partial charge in [0.2, 0.25) is 5.91 Å². The predicted molar refractivity (Wildman–Crippen MR) is 63.5 cm³/mol. The first kappa shape index (κ1) is 12.4. The third-order valence-electron chi connectivity index (χ3n) is 4.37. The predicted octanol–water partition coefficient (Wildman–Crippen LogP) is 1.89. The number of carboxylic acids is 1. The summed E-state index contributed by atoms with van der Waals surface area (Å²) in [5.74, 6) is -1.49. The van der Waals surface area contributed by atoms with Crippen molar-refractivity contribution in [2.75, 3.05) is 7.05 Å². The average molecular weight is 239 g/mol. The molecule has 0 heterocycles. The van der Waals surface area contributed by atoms with E-state index in [2.05, 4.69) is 0 Å². The molecule has 2 fully saturated rings. The highest BCUT2D eigenvalue weighted by atomic mass is 16.4. The van der Waals surface area contributed by atoms with Gasteiger partial charge in [0.05, 0.1) is 11.8 Å². The maximum Gasteiger partial charge on any atom is 0.307 e. The van der Waals surface area contributed by atoms with E-state index in [0.717, 1.165) is 32.1 Å². The Balaban J connectivity index is 2.02. The first-order chi connectivity index (χ1) is 8.11. The topological polar surface area (TPSA) is 57.6 Å². The third kappa shape index (κ3) is 2.45. The van der Waals surface area contributed by atoms with E-state index in [4.69, 9.17) is 0 Å². The van der Waals surface area contributed by atoms with Crippen LogP contribution in [0.3, 0.4) is 0 Å². The Morgan fingerprint density at radius 1 is 1.00 bits per heavy atom. The van der Waals surface area contributed by atoms with Crippen LogP contribution in [-0.4, -0.2) is 35.0 Å². The minimum atomic E-state index is -0.801. The molecule has 96 valence electrons. The van der Waals surface area contributed by atoms with Gasteiger partial charge in [0, 0.05) is 13.1 Å². The summed E-state index contributed by atoms with van der Waals surface area (Å²) in [7, 11) is 1.83. The number of carbonyl (C=O) groups is 2. The summed E-state index contributed by atoms with van der Waals surface area (Å²) in [6.07, 6.45) is 6.67. The van der Waals surface area contributed by atoms with Crippen molar-refractivity contribution in [2.45, 2.75) is 51.0 Å². The van der Waals surface area contributed by atoms with Gasteiger partial charge in [-0.2, -0.15) is 0 Å². The van der Waals surface area contributed by atoms with E-state index in [1.807, 2.05) is 7.05 Å². The Labute approximate surface area is 102 Å². The molecule has 1 N–H and O–H groups in total. The molecule has 2 rings (SSSR count). The molecule has 0 radical (unpaired) electrons. The van der Waals surface area contributed by atoms with Gasteiger partial charge < -0.3 is 10.0 Å². The molecule has 0 aromatic carbocycles. The number of aliphatic carboxylic acids is 1. The zero-order chi connectivity index (χ0) is 12.4. The third-order valence-corrected chi connectivity index (χ3v) is 4.37. The SMILES string of the molecule is CN(C(=O)C1CCCCC1C(=O)O)C1CCC1. The van der Waals surface area contributed by atoms with Gasteiger partial charge in [0.1, 0.15) is 0 Å². The van der Waals surface area contributed by atoms with E-state index in [1.54, 1.807) is 4.90 Å². The highest BCUT2D eigenvalue weighted by molar-refractivity contribution is 5.85. The van der Waals surface area contributed by atoms with E-state index in [9.17, 15) is 14.7 Å². The van der Waals surface area contributed by atoms with Gasteiger partial charge in [-0.1, -0.05) is 12.8 Å². The smallest absolute Gasteiger partial charge is 0.307 e. The van der Waals surface area contributed by atoms with Crippen LogP contribution < -0.4 is 0 Å². The molecule has 4 nitrogen and oxygen atoms in total. The molecule has 2 unspecified atom stereocenters. The normalized spacial score (nSPS) is 29.5. The van der Waals surface area contributed by atoms with E-state index in [0.29, 0.717) is 12.5 Å². The lowest BCUT2D eigenvalue weighted by molar-refractivity contribution is -0.153. The molecule has 0 spiro atoms. The Bertz CT molecular complexity index is 312. The number of nitrogens with zero attached hydrogens (tertiary/aromatic N) is 1. The number of rotatable bonds is 3. The lowest BCUT2D eigenvalue weighted by Crippen LogP contribution is -2.47. The molecule has 0 aliphatic heterocycles. The number of carboxylic acid groups (broad SMARTS) is 1. The number of carbonyl (C=O) groups excluding carboxylic acids is 1. The van der Waals surface area contributed by atoms with Crippen LogP contribution in [0.1, 0.15) is 44.9 Å². The highest BCUT2D eigenvalue weighted by Crippen LogP contribution is 2.33. The molecule has 2 saturated carbocycles. The largest absolute Gasteiger partial charge is 0.481 e. The summed E-state index contributed by atoms with van der Waals surface area (Å²) in [5, 5.41) is 9.18. The number of amides is 1. The molecule has 1 amide bonds. The van der Waals surface area contributed by atoms with E-state index in [-0.39, 0.29) is 11.8 Å². The van der Waals surface area contributed by atoms with Gasteiger partial charge in [0.25, 0.3) is 0 Å². The summed E-state index contributed by atoms with van der Waals surface area (Å²) < 4.78 is 0. The molecule has 4 heteroatoms. The van der Waals surface area contributed by atoms with Crippen LogP contribution in [0.15, 0.2) is 0 Å². The van der Waals surface area contributed by atoms with Crippen LogP contribution in [0.2, 0.25) is 0 Å². The molecule has 2 aliphatic rings. The monoisotopic (exact) mass is 239 g/mol. The van der Waals surface area contributed by atoms with Crippen molar-refractivity contribution in [3.8, 4) is 0 Å². The highest BCUT2D eigenvalue weighted by Gasteiger charge is 2.39. The Hall–Kier alpha value is -1.06. The second-order valence-corrected chi connectivity index (χ2v) is 5.37. The van der Waals surface area contributed by atoms with E-state index >= 15 is 0 Å². The second-order valence-electron chi connectivity index (χ2n) is 5.37. The van der Waals surface area contributed by atoms with Gasteiger partial charge >= 0.3 is 5.97 Å². The molecule has 0 saturated heterocycles. The first-order valence-electron chi connectivity index (χ1n) is 6.60. The van der Waals surface area contributed by atoms with Crippen LogP contribution in [0.4, 0.5) is 0 Å². The average Bonchev–Trinajstić information content (AvgIpc) is 2.25. The zero-order valence-electron chi connectivity index (χ0n) is 10.4. The fourth-order valence-corrected chi connectivity index (χ4v) is 2.94. The van der Waals surface area contributed by atoms with Crippen molar-refractivity contribution in [1.29, 1.82) is 0 Å². The molecule has 2 atom stereocenters. The van der Waals surface area contributed by atoms with Crippen molar-refractivity contribution in [1.82, 2.24) is 4.90 Å². The van der Waals surface area contributed by atoms with Crippen LogP contribution in [0, 0.1) is 11.8 Å². The summed E-state index contributed by atoms with van der Waals surface area (Å²) in [6, 6.07) is 0.360. The molecule has 0 bridgehead atoms. The lowest BCUT2D eigenvalue weighted by Gasteiger charge is -2.38. The summed E-state index contributed by atoms with van der Waals surface area (Å²) in [5.41, 5.74) is 0. The van der Waals surface area contributed by atoms with Gasteiger partial charge in [0.15, 0.2) is 0 Å². The van der Waals surface area contributed by atoms with Gasteiger partial charge in [-0.05, 0) is 32.1 Å². The maximum absolute atomic E-state index is 12.3. The Morgan fingerprint density at radius 2 is 1.59 bits per heavy atom. The van der Waals surface area contributed by atoms with Crippen LogP contribution >= 0.6 is 0 Å². The minimum absolute atomic E-state index is 0.0572. The van der Waals surface area contributed by atoms with Crippen molar-refractivity contribution >= 4 is 11.9 Å². The molecule has 17 heavy (non-hydrogen) atoms. The Morgan fingerprint density at radius 3 is 2.06 bits per heavy atom. The van der Waals surface area contributed by atoms with Crippen molar-refractivity contribution < 1.29 is 14.7 Å². The molecule has 0 aromatic rings. The molecular formula is C13H21NO3. The number of hydrogen-bond acceptors (Lipinski definition) is 2. The molecule has 2 aliphatic carbocycles. The van der Waals surface area contributed by atoms with Gasteiger partial charge in [-0.3, -0.25) is 9.59 Å². The second kappa shape index (κ2) is 5.07. The van der Waals surface area contributed by atoms with Crippen molar-refractivity contribution in [3.05, 3.63) is 0 Å². The fourth-order valence-electron chi connectivity index (χ4n) is 2.94. The molecule has 0 aromatic heterocycles. The lowest BCUT2D eigenvalue weighted by atomic mass is 9.78. The molecular weight excluding hydrogens is 218 g/mol. The van der Waals surface area contributed by atoms with Crippen molar-refractivity contribution in [3.63, 3.8) is 0 Å². The van der Waals surface area contributed by atoms with Gasteiger partial charge in [-0.25, -0.2) is 0 Å². The number of hydrogen-bond donors (Lipinski definition) is 1. The fraction of sp³-hybridized carbons (Fsp3) is 0.846. The van der Waals surface area contributed by atoms with E-state index < -0.39 is 11.9 Å². The van der Waals surface area contributed by atoms with Crippen molar-refractivity contribution in [2.24, 2.45) is 11.8 Å². The van der Waals surface area contributed by atoms with Gasteiger partial charge in [-0.15, -0.1) is 0 Å². The first-order valence-corrected chi connectivity index (χ1v) is 6.60. The standard InChI is InChI=1S/C13H21NO3/c1-14(9-5-4-6-9)12(15)10-7-2-3-8-11(10)13(16)17/h9-11H,2-8H2,1H3,(H,16,17). The van der Waals surface area contributed by atoms with Crippen LogP contribution in [0.25, 0.3) is 0 Å². The Kier molecular flexibility index (Phi) is 3.69. The zero-order valence-corrected chi connectivity index (χ0v) is 10.4. The van der Waals surface area contributed by atoms with E-state index in [1.165, 1.54) is 6.42 Å². The summed E-state index contributed by atoms with van der Waals surface area (Å²) in [4.78, 5) is 25.3. The minimum Gasteiger partial charge on any atom is -0.481 e. The quantitative estimate of drug-likeness (QED) is 0.818. The maximum atomic E-state index is 12.3. The summed E-state index contributed by atoms with van der Waals surface area (Å²) in [6.45, 7) is 0.